The average molecular weight is 398 g/mol. The monoisotopic (exact) mass is 398 g/mol. The summed E-state index contributed by atoms with van der Waals surface area (Å²) in [5, 5.41) is 0. The lowest BCUT2D eigenvalue weighted by Crippen LogP contribution is -2.26. The van der Waals surface area contributed by atoms with E-state index in [-0.39, 0.29) is 16.3 Å². The van der Waals surface area contributed by atoms with Crippen LogP contribution in [0.1, 0.15) is 37.7 Å². The third kappa shape index (κ3) is 2.76. The summed E-state index contributed by atoms with van der Waals surface area (Å²) in [4.78, 5) is 32.9. The normalized spacial score (nSPS) is 13.1. The van der Waals surface area contributed by atoms with Crippen LogP contribution in [0.25, 0.3) is 0 Å². The highest BCUT2D eigenvalue weighted by Crippen LogP contribution is 2.34. The molecule has 4 rings (SSSR count). The lowest BCUT2D eigenvalue weighted by molar-refractivity contribution is 0.0966. The van der Waals surface area contributed by atoms with Gasteiger partial charge in [0.15, 0.2) is 5.75 Å². The summed E-state index contributed by atoms with van der Waals surface area (Å²) in [6, 6.07) is 7.70. The highest BCUT2D eigenvalue weighted by Gasteiger charge is 2.38. The number of halogens is 1. The van der Waals surface area contributed by atoms with Crippen LogP contribution in [0.2, 0.25) is 0 Å². The van der Waals surface area contributed by atoms with Crippen molar-refractivity contribution < 1.29 is 26.6 Å². The number of benzene rings is 2. The number of carbonyl (C=O) groups excluding carboxylic acids is 2. The van der Waals surface area contributed by atoms with Crippen LogP contribution in [0, 0.1) is 12.7 Å². The Morgan fingerprint density at radius 3 is 2.04 bits per heavy atom. The molecule has 0 N–H and O–H groups in total. The molecule has 0 unspecified atom stereocenters. The van der Waals surface area contributed by atoms with Crippen molar-refractivity contribution in [3.63, 3.8) is 0 Å². The van der Waals surface area contributed by atoms with Gasteiger partial charge in [0.05, 0.1) is 11.1 Å². The maximum atomic E-state index is 14.3. The summed E-state index contributed by atoms with van der Waals surface area (Å²) < 4.78 is 44.6. The standard InChI is InChI=1S/C19H11FN2O5S/c1-10-2-4-11(5-3-10)28(25,26)27-13-7-6-12(20)14-15(13)19(24)17-16(18(14)23)21-8-9-22-17/h2-9H,1H3. The SMILES string of the molecule is Cc1ccc(S(=O)(=O)Oc2ccc(F)c3c2C(=O)c2nccnc2C3=O)cc1. The molecule has 28 heavy (non-hydrogen) atoms. The van der Waals surface area contributed by atoms with Crippen molar-refractivity contribution >= 4 is 21.7 Å². The Labute approximate surface area is 159 Å². The number of aromatic nitrogens is 2. The number of ketones is 2. The molecule has 0 fully saturated rings. The molecule has 0 radical (unpaired) electrons. The predicted molar refractivity (Wildman–Crippen MR) is 94.3 cm³/mol. The molecule has 7 nitrogen and oxygen atoms in total. The molecule has 1 heterocycles. The fourth-order valence-corrected chi connectivity index (χ4v) is 3.79. The zero-order valence-electron chi connectivity index (χ0n) is 14.3. The molecule has 0 saturated carbocycles. The van der Waals surface area contributed by atoms with E-state index in [1.807, 2.05) is 0 Å². The molecule has 9 heteroatoms. The fraction of sp³-hybridized carbons (Fsp3) is 0.0526. The van der Waals surface area contributed by atoms with Crippen LogP contribution in [0.4, 0.5) is 4.39 Å². The van der Waals surface area contributed by atoms with Crippen LogP contribution < -0.4 is 4.18 Å². The van der Waals surface area contributed by atoms with Crippen LogP contribution in [-0.4, -0.2) is 30.0 Å². The molecule has 0 amide bonds. The molecular weight excluding hydrogens is 387 g/mol. The maximum absolute atomic E-state index is 14.3. The summed E-state index contributed by atoms with van der Waals surface area (Å²) >= 11 is 0. The summed E-state index contributed by atoms with van der Waals surface area (Å²) in [6.07, 6.45) is 2.41. The zero-order valence-corrected chi connectivity index (χ0v) is 15.2. The molecule has 0 spiro atoms. The van der Waals surface area contributed by atoms with E-state index in [9.17, 15) is 22.4 Å². The molecule has 1 aliphatic carbocycles. The van der Waals surface area contributed by atoms with E-state index in [2.05, 4.69) is 9.97 Å². The predicted octanol–water partition coefficient (Wildman–Crippen LogP) is 2.47. The van der Waals surface area contributed by atoms with Crippen LogP contribution in [0.5, 0.6) is 5.75 Å². The highest BCUT2D eigenvalue weighted by atomic mass is 32.2. The minimum absolute atomic E-state index is 0.147. The summed E-state index contributed by atoms with van der Waals surface area (Å²) in [7, 11) is -4.32. The van der Waals surface area contributed by atoms with Gasteiger partial charge in [-0.05, 0) is 31.2 Å². The van der Waals surface area contributed by atoms with Gasteiger partial charge in [0, 0.05) is 12.4 Å². The number of carbonyl (C=O) groups is 2. The Balaban J connectivity index is 1.86. The van der Waals surface area contributed by atoms with E-state index >= 15 is 0 Å². The molecular formula is C19H11FN2O5S. The second-order valence-electron chi connectivity index (χ2n) is 6.06. The van der Waals surface area contributed by atoms with E-state index < -0.39 is 44.4 Å². The highest BCUT2D eigenvalue weighted by molar-refractivity contribution is 7.87. The lowest BCUT2D eigenvalue weighted by atomic mass is 9.88. The third-order valence-corrected chi connectivity index (χ3v) is 5.46. The number of aryl methyl sites for hydroxylation is 1. The summed E-state index contributed by atoms with van der Waals surface area (Å²) in [6.45, 7) is 1.79. The average Bonchev–Trinajstić information content (AvgIpc) is 2.67. The Morgan fingerprint density at radius 1 is 0.857 bits per heavy atom. The van der Waals surface area contributed by atoms with Crippen molar-refractivity contribution in [1.29, 1.82) is 0 Å². The molecule has 140 valence electrons. The van der Waals surface area contributed by atoms with Crippen molar-refractivity contribution in [3.8, 4) is 5.75 Å². The number of hydrogen-bond acceptors (Lipinski definition) is 7. The lowest BCUT2D eigenvalue weighted by Gasteiger charge is -2.19. The van der Waals surface area contributed by atoms with Crippen molar-refractivity contribution in [2.75, 3.05) is 0 Å². The largest absolute Gasteiger partial charge is 0.378 e. The molecule has 3 aromatic rings. The maximum Gasteiger partial charge on any atom is 0.339 e. The van der Waals surface area contributed by atoms with Crippen LogP contribution in [-0.2, 0) is 10.1 Å². The first-order valence-corrected chi connectivity index (χ1v) is 9.44. The van der Waals surface area contributed by atoms with Crippen molar-refractivity contribution in [3.05, 3.63) is 82.7 Å². The van der Waals surface area contributed by atoms with E-state index in [1.165, 1.54) is 24.5 Å². The van der Waals surface area contributed by atoms with E-state index in [0.717, 1.165) is 17.7 Å². The first-order valence-electron chi connectivity index (χ1n) is 8.03. The van der Waals surface area contributed by atoms with Gasteiger partial charge in [-0.3, -0.25) is 9.59 Å². The van der Waals surface area contributed by atoms with Gasteiger partial charge in [-0.25, -0.2) is 14.4 Å². The Morgan fingerprint density at radius 2 is 1.43 bits per heavy atom. The topological polar surface area (TPSA) is 103 Å². The third-order valence-electron chi connectivity index (χ3n) is 4.21. The molecule has 0 atom stereocenters. The van der Waals surface area contributed by atoms with Crippen LogP contribution in [0.15, 0.2) is 53.7 Å². The van der Waals surface area contributed by atoms with Gasteiger partial charge in [0.2, 0.25) is 11.6 Å². The quantitative estimate of drug-likeness (QED) is 0.488. The van der Waals surface area contributed by atoms with E-state index in [1.54, 1.807) is 19.1 Å². The van der Waals surface area contributed by atoms with E-state index in [0.29, 0.717) is 0 Å². The first-order chi connectivity index (χ1) is 13.3. The van der Waals surface area contributed by atoms with Crippen molar-refractivity contribution in [1.82, 2.24) is 9.97 Å². The molecule has 0 bridgehead atoms. The second-order valence-corrected chi connectivity index (χ2v) is 7.60. The Bertz CT molecular complexity index is 1250. The van der Waals surface area contributed by atoms with Gasteiger partial charge in [0.1, 0.15) is 22.1 Å². The molecule has 1 aliphatic rings. The number of rotatable bonds is 3. The fourth-order valence-electron chi connectivity index (χ4n) is 2.85. The number of hydrogen-bond donors (Lipinski definition) is 0. The molecule has 0 saturated heterocycles. The van der Waals surface area contributed by atoms with Crippen LogP contribution in [0.3, 0.4) is 0 Å². The second kappa shape index (κ2) is 6.31. The van der Waals surface area contributed by atoms with Gasteiger partial charge < -0.3 is 4.18 Å². The van der Waals surface area contributed by atoms with Crippen LogP contribution >= 0.6 is 0 Å². The molecule has 0 aliphatic heterocycles. The smallest absolute Gasteiger partial charge is 0.339 e. The van der Waals surface area contributed by atoms with Crippen molar-refractivity contribution in [2.45, 2.75) is 11.8 Å². The Kier molecular flexibility index (Phi) is 4.04. The van der Waals surface area contributed by atoms with E-state index in [4.69, 9.17) is 4.18 Å². The molecule has 1 aromatic heterocycles. The Hall–Kier alpha value is -3.46. The van der Waals surface area contributed by atoms with Gasteiger partial charge in [0.25, 0.3) is 0 Å². The minimum atomic E-state index is -4.32. The number of nitrogens with zero attached hydrogens (tertiary/aromatic N) is 2. The molecule has 2 aromatic carbocycles. The summed E-state index contributed by atoms with van der Waals surface area (Å²) in [5.41, 5.74) is -0.821. The summed E-state index contributed by atoms with van der Waals surface area (Å²) in [5.74, 6) is -3.14. The van der Waals surface area contributed by atoms with Gasteiger partial charge >= 0.3 is 10.1 Å². The van der Waals surface area contributed by atoms with Gasteiger partial charge in [-0.15, -0.1) is 0 Å². The first kappa shape index (κ1) is 17.9. The van der Waals surface area contributed by atoms with Crippen molar-refractivity contribution in [2.24, 2.45) is 0 Å². The zero-order chi connectivity index (χ0) is 20.1. The van der Waals surface area contributed by atoms with Gasteiger partial charge in [-0.2, -0.15) is 8.42 Å². The van der Waals surface area contributed by atoms with Gasteiger partial charge in [-0.1, -0.05) is 17.7 Å². The number of fused-ring (bicyclic) bond motifs is 2. The minimum Gasteiger partial charge on any atom is -0.378 e.